The molecule has 0 aliphatic carbocycles. The summed E-state index contributed by atoms with van der Waals surface area (Å²) in [6.45, 7) is 0.903. The third-order valence-corrected chi connectivity index (χ3v) is 3.92. The second-order valence-corrected chi connectivity index (χ2v) is 5.34. The lowest BCUT2D eigenvalue weighted by atomic mass is 10.2. The summed E-state index contributed by atoms with van der Waals surface area (Å²) in [6.07, 6.45) is 5.21. The van der Waals surface area contributed by atoms with Gasteiger partial charge in [0, 0.05) is 22.3 Å². The monoisotopic (exact) mass is 349 g/mol. The Kier molecular flexibility index (Phi) is 5.34. The first kappa shape index (κ1) is 14.8. The standard InChI is InChI=1S/C16H13BrClNO/c1-2-9-20-16-6-4-3-5-12(16)11-19-13-7-8-14(17)15(18)10-13/h1,3-8,10,19H,9,11H2. The molecule has 0 saturated heterocycles. The highest BCUT2D eigenvalue weighted by Crippen LogP contribution is 2.26. The summed E-state index contributed by atoms with van der Waals surface area (Å²) in [4.78, 5) is 0. The van der Waals surface area contributed by atoms with Crippen molar-refractivity contribution in [1.29, 1.82) is 0 Å². The molecule has 0 heterocycles. The number of rotatable bonds is 5. The number of terminal acetylenes is 1. The number of anilines is 1. The number of ether oxygens (including phenoxy) is 1. The van der Waals surface area contributed by atoms with Crippen LogP contribution >= 0.6 is 27.5 Å². The van der Waals surface area contributed by atoms with E-state index in [1.165, 1.54) is 0 Å². The van der Waals surface area contributed by atoms with Crippen LogP contribution in [0.5, 0.6) is 5.75 Å². The minimum Gasteiger partial charge on any atom is -0.481 e. The predicted molar refractivity (Wildman–Crippen MR) is 87.2 cm³/mol. The number of halogens is 2. The smallest absolute Gasteiger partial charge is 0.148 e. The first-order valence-corrected chi connectivity index (χ1v) is 7.21. The molecule has 1 N–H and O–H groups in total. The Bertz CT molecular complexity index is 637. The Hall–Kier alpha value is -1.63. The third-order valence-electron chi connectivity index (χ3n) is 2.69. The van der Waals surface area contributed by atoms with Gasteiger partial charge in [-0.15, -0.1) is 6.42 Å². The summed E-state index contributed by atoms with van der Waals surface area (Å²) < 4.78 is 6.39. The predicted octanol–water partition coefficient (Wildman–Crippen LogP) is 4.73. The van der Waals surface area contributed by atoms with E-state index in [0.29, 0.717) is 11.6 Å². The summed E-state index contributed by atoms with van der Waals surface area (Å²) in [5, 5.41) is 3.98. The first-order valence-electron chi connectivity index (χ1n) is 6.04. The van der Waals surface area contributed by atoms with Gasteiger partial charge < -0.3 is 10.1 Å². The van der Waals surface area contributed by atoms with E-state index in [-0.39, 0.29) is 6.61 Å². The average molecular weight is 351 g/mol. The van der Waals surface area contributed by atoms with E-state index in [1.54, 1.807) is 0 Å². The molecule has 2 rings (SSSR count). The third kappa shape index (κ3) is 3.93. The zero-order valence-electron chi connectivity index (χ0n) is 10.7. The summed E-state index contributed by atoms with van der Waals surface area (Å²) in [5.74, 6) is 3.26. The zero-order valence-corrected chi connectivity index (χ0v) is 13.0. The van der Waals surface area contributed by atoms with E-state index in [1.807, 2.05) is 42.5 Å². The number of hydrogen-bond acceptors (Lipinski definition) is 2. The Morgan fingerprint density at radius 2 is 2.05 bits per heavy atom. The van der Waals surface area contributed by atoms with Crippen molar-refractivity contribution in [2.24, 2.45) is 0 Å². The van der Waals surface area contributed by atoms with Gasteiger partial charge >= 0.3 is 0 Å². The van der Waals surface area contributed by atoms with Crippen LogP contribution in [0.3, 0.4) is 0 Å². The number of hydrogen-bond donors (Lipinski definition) is 1. The van der Waals surface area contributed by atoms with Crippen LogP contribution in [-0.4, -0.2) is 6.61 Å². The fourth-order valence-corrected chi connectivity index (χ4v) is 2.14. The van der Waals surface area contributed by atoms with Crippen molar-refractivity contribution < 1.29 is 4.74 Å². The molecular formula is C16H13BrClNO. The van der Waals surface area contributed by atoms with Gasteiger partial charge in [-0.2, -0.15) is 0 Å². The lowest BCUT2D eigenvalue weighted by Crippen LogP contribution is -2.03. The molecule has 0 aliphatic heterocycles. The van der Waals surface area contributed by atoms with Crippen molar-refractivity contribution in [2.45, 2.75) is 6.54 Å². The molecule has 4 heteroatoms. The highest BCUT2D eigenvalue weighted by molar-refractivity contribution is 9.10. The van der Waals surface area contributed by atoms with Crippen LogP contribution in [0.2, 0.25) is 5.02 Å². The quantitative estimate of drug-likeness (QED) is 0.787. The highest BCUT2D eigenvalue weighted by Gasteiger charge is 2.03. The van der Waals surface area contributed by atoms with Gasteiger partial charge in [-0.3, -0.25) is 0 Å². The Labute approximate surface area is 132 Å². The summed E-state index contributed by atoms with van der Waals surface area (Å²) in [6, 6.07) is 13.5. The molecule has 0 bridgehead atoms. The van der Waals surface area contributed by atoms with Gasteiger partial charge in [-0.1, -0.05) is 35.7 Å². The van der Waals surface area contributed by atoms with Crippen LogP contribution < -0.4 is 10.1 Å². The van der Waals surface area contributed by atoms with Gasteiger partial charge in [-0.05, 0) is 40.2 Å². The van der Waals surface area contributed by atoms with Crippen molar-refractivity contribution in [2.75, 3.05) is 11.9 Å². The van der Waals surface area contributed by atoms with E-state index >= 15 is 0 Å². The number of para-hydroxylation sites is 1. The average Bonchev–Trinajstić information content (AvgIpc) is 2.47. The molecule has 0 fully saturated rings. The number of nitrogens with one attached hydrogen (secondary N) is 1. The molecule has 0 unspecified atom stereocenters. The van der Waals surface area contributed by atoms with Gasteiger partial charge in [-0.25, -0.2) is 0 Å². The molecule has 102 valence electrons. The molecule has 2 aromatic carbocycles. The maximum atomic E-state index is 6.06. The summed E-state index contributed by atoms with van der Waals surface area (Å²) in [5.41, 5.74) is 1.99. The first-order chi connectivity index (χ1) is 9.70. The van der Waals surface area contributed by atoms with E-state index in [0.717, 1.165) is 21.5 Å². The molecule has 0 radical (unpaired) electrons. The van der Waals surface area contributed by atoms with Gasteiger partial charge in [0.15, 0.2) is 0 Å². The van der Waals surface area contributed by atoms with Gasteiger partial charge in [0.25, 0.3) is 0 Å². The molecule has 0 amide bonds. The minimum atomic E-state index is 0.265. The van der Waals surface area contributed by atoms with Crippen LogP contribution in [0.4, 0.5) is 5.69 Å². The zero-order chi connectivity index (χ0) is 14.4. The molecule has 0 aliphatic rings. The second kappa shape index (κ2) is 7.23. The normalized spacial score (nSPS) is 9.85. The summed E-state index contributed by atoms with van der Waals surface area (Å²) >= 11 is 9.43. The molecule has 20 heavy (non-hydrogen) atoms. The molecule has 2 aromatic rings. The highest BCUT2D eigenvalue weighted by atomic mass is 79.9. The van der Waals surface area contributed by atoms with Crippen LogP contribution in [0.1, 0.15) is 5.56 Å². The van der Waals surface area contributed by atoms with Crippen molar-refractivity contribution in [3.8, 4) is 18.1 Å². The lowest BCUT2D eigenvalue weighted by Gasteiger charge is -2.11. The topological polar surface area (TPSA) is 21.3 Å². The van der Waals surface area contributed by atoms with Gasteiger partial charge in [0.2, 0.25) is 0 Å². The SMILES string of the molecule is C#CCOc1ccccc1CNc1ccc(Br)c(Cl)c1. The Morgan fingerprint density at radius 1 is 1.25 bits per heavy atom. The van der Waals surface area contributed by atoms with E-state index in [4.69, 9.17) is 22.8 Å². The minimum absolute atomic E-state index is 0.265. The van der Waals surface area contributed by atoms with E-state index in [2.05, 4.69) is 27.2 Å². The molecule has 0 aromatic heterocycles. The van der Waals surface area contributed by atoms with Crippen LogP contribution in [0.25, 0.3) is 0 Å². The van der Waals surface area contributed by atoms with Crippen LogP contribution in [0, 0.1) is 12.3 Å². The van der Waals surface area contributed by atoms with Crippen molar-refractivity contribution in [3.05, 3.63) is 57.5 Å². The molecule has 0 atom stereocenters. The van der Waals surface area contributed by atoms with Gasteiger partial charge in [0.05, 0.1) is 5.02 Å². The lowest BCUT2D eigenvalue weighted by molar-refractivity contribution is 0.366. The molecular weight excluding hydrogens is 338 g/mol. The maximum absolute atomic E-state index is 6.06. The van der Waals surface area contributed by atoms with Crippen LogP contribution in [0.15, 0.2) is 46.9 Å². The Morgan fingerprint density at radius 3 is 2.80 bits per heavy atom. The Balaban J connectivity index is 2.06. The van der Waals surface area contributed by atoms with E-state index in [9.17, 15) is 0 Å². The second-order valence-electron chi connectivity index (χ2n) is 4.08. The fraction of sp³-hybridized carbons (Fsp3) is 0.125. The van der Waals surface area contributed by atoms with Gasteiger partial charge in [0.1, 0.15) is 12.4 Å². The molecule has 2 nitrogen and oxygen atoms in total. The van der Waals surface area contributed by atoms with Crippen LogP contribution in [-0.2, 0) is 6.54 Å². The maximum Gasteiger partial charge on any atom is 0.148 e. The van der Waals surface area contributed by atoms with Crippen molar-refractivity contribution >= 4 is 33.2 Å². The fourth-order valence-electron chi connectivity index (χ4n) is 1.71. The summed E-state index contributed by atoms with van der Waals surface area (Å²) in [7, 11) is 0. The van der Waals surface area contributed by atoms with Crippen molar-refractivity contribution in [3.63, 3.8) is 0 Å². The largest absolute Gasteiger partial charge is 0.481 e. The molecule has 0 spiro atoms. The van der Waals surface area contributed by atoms with E-state index < -0.39 is 0 Å². The number of benzene rings is 2. The van der Waals surface area contributed by atoms with Crippen molar-refractivity contribution in [1.82, 2.24) is 0 Å². The molecule has 0 saturated carbocycles.